The number of rotatable bonds is 8. The van der Waals surface area contributed by atoms with E-state index in [0.717, 1.165) is 56.1 Å². The molecule has 0 unspecified atom stereocenters. The molecule has 2 aliphatic rings. The fraction of sp³-hybridized carbons (Fsp3) is 0.567. The van der Waals surface area contributed by atoms with Gasteiger partial charge >= 0.3 is 5.97 Å². The third kappa shape index (κ3) is 5.05. The lowest BCUT2D eigenvalue weighted by atomic mass is 9.46. The number of hydrogen-bond donors (Lipinski definition) is 0. The molecule has 202 valence electrons. The molecule has 1 heterocycles. The quantitative estimate of drug-likeness (QED) is 0.298. The summed E-state index contributed by atoms with van der Waals surface area (Å²) in [5, 5.41) is 0. The van der Waals surface area contributed by atoms with Crippen LogP contribution in [0.25, 0.3) is 0 Å². The molecule has 1 aromatic carbocycles. The molecule has 37 heavy (non-hydrogen) atoms. The van der Waals surface area contributed by atoms with Gasteiger partial charge in [0.05, 0.1) is 30.2 Å². The van der Waals surface area contributed by atoms with Crippen molar-refractivity contribution in [2.75, 3.05) is 14.2 Å². The molecule has 0 amide bonds. The molecule has 0 radical (unpaired) electrons. The molecule has 0 saturated heterocycles. The Morgan fingerprint density at radius 1 is 1.19 bits per heavy atom. The Labute approximate surface area is 222 Å². The largest absolute Gasteiger partial charge is 0.469 e. The standard InChI is InChI=1S/C30H41NO5S/c1-21-8-12-24(13-9-21)37(33,34)31(5)20-26-23(16-19-36-26)11-14-25-22(2)10-15-27-29(25,3)17-7-18-30(27,4)28(32)35-6/h8-9,12-13,16,19,25,27H,2,7,10-11,14-15,17-18,20H2,1,3-6H3/t25-,27+,29-,30+/m1/s1. The summed E-state index contributed by atoms with van der Waals surface area (Å²) in [5.41, 5.74) is 2.81. The first kappa shape index (κ1) is 27.6. The molecule has 2 aromatic rings. The molecule has 0 aliphatic heterocycles. The Hall–Kier alpha value is -2.38. The minimum absolute atomic E-state index is 0.0218. The third-order valence-electron chi connectivity index (χ3n) is 9.31. The number of aryl methyl sites for hydroxylation is 2. The highest BCUT2D eigenvalue weighted by Gasteiger charge is 2.57. The van der Waals surface area contributed by atoms with Crippen molar-refractivity contribution >= 4 is 16.0 Å². The Morgan fingerprint density at radius 3 is 2.57 bits per heavy atom. The van der Waals surface area contributed by atoms with Gasteiger partial charge in [-0.3, -0.25) is 4.79 Å². The summed E-state index contributed by atoms with van der Waals surface area (Å²) in [4.78, 5) is 13.1. The summed E-state index contributed by atoms with van der Waals surface area (Å²) in [7, 11) is -0.542. The maximum absolute atomic E-state index is 13.1. The van der Waals surface area contributed by atoms with Gasteiger partial charge in [-0.25, -0.2) is 8.42 Å². The van der Waals surface area contributed by atoms with Crippen LogP contribution in [-0.4, -0.2) is 32.8 Å². The minimum atomic E-state index is -3.63. The zero-order valence-electron chi connectivity index (χ0n) is 22.9. The van der Waals surface area contributed by atoms with E-state index in [9.17, 15) is 13.2 Å². The lowest BCUT2D eigenvalue weighted by Gasteiger charge is -2.57. The van der Waals surface area contributed by atoms with Gasteiger partial charge in [-0.1, -0.05) is 43.2 Å². The number of carbonyl (C=O) groups is 1. The number of furan rings is 1. The predicted molar refractivity (Wildman–Crippen MR) is 144 cm³/mol. The van der Waals surface area contributed by atoms with Crippen LogP contribution in [0.3, 0.4) is 0 Å². The van der Waals surface area contributed by atoms with E-state index in [1.165, 1.54) is 17.0 Å². The average Bonchev–Trinajstić information content (AvgIpc) is 3.29. The Bertz CT molecular complexity index is 1250. The molecule has 4 rings (SSSR count). The van der Waals surface area contributed by atoms with Crippen molar-refractivity contribution in [1.29, 1.82) is 0 Å². The first-order valence-electron chi connectivity index (χ1n) is 13.3. The van der Waals surface area contributed by atoms with Crippen molar-refractivity contribution in [2.24, 2.45) is 22.7 Å². The summed E-state index contributed by atoms with van der Waals surface area (Å²) >= 11 is 0. The van der Waals surface area contributed by atoms with Crippen molar-refractivity contribution in [3.8, 4) is 0 Å². The van der Waals surface area contributed by atoms with E-state index in [0.29, 0.717) is 5.76 Å². The van der Waals surface area contributed by atoms with Crippen LogP contribution in [0.2, 0.25) is 0 Å². The second kappa shape index (κ2) is 10.4. The lowest BCUT2D eigenvalue weighted by Crippen LogP contribution is -2.53. The number of esters is 1. The van der Waals surface area contributed by atoms with Gasteiger partial charge in [0, 0.05) is 7.05 Å². The van der Waals surface area contributed by atoms with Crippen molar-refractivity contribution in [3.63, 3.8) is 0 Å². The first-order valence-corrected chi connectivity index (χ1v) is 14.7. The van der Waals surface area contributed by atoms with Gasteiger partial charge in [-0.05, 0) is 93.4 Å². The van der Waals surface area contributed by atoms with E-state index in [1.54, 1.807) is 37.6 Å². The second-order valence-electron chi connectivity index (χ2n) is 11.6. The van der Waals surface area contributed by atoms with Crippen LogP contribution in [0.5, 0.6) is 0 Å². The lowest BCUT2D eigenvalue weighted by molar-refractivity contribution is -0.168. The highest BCUT2D eigenvalue weighted by atomic mass is 32.2. The molecule has 1 aromatic heterocycles. The number of benzene rings is 1. The van der Waals surface area contributed by atoms with Crippen LogP contribution in [0, 0.1) is 29.6 Å². The van der Waals surface area contributed by atoms with E-state index in [4.69, 9.17) is 9.15 Å². The van der Waals surface area contributed by atoms with Gasteiger partial charge in [-0.15, -0.1) is 0 Å². The fourth-order valence-electron chi connectivity index (χ4n) is 7.17. The molecule has 2 saturated carbocycles. The zero-order chi connectivity index (χ0) is 27.0. The highest BCUT2D eigenvalue weighted by Crippen LogP contribution is 2.62. The summed E-state index contributed by atoms with van der Waals surface area (Å²) in [6.45, 7) is 11.0. The van der Waals surface area contributed by atoms with Crippen molar-refractivity contribution in [1.82, 2.24) is 4.31 Å². The second-order valence-corrected chi connectivity index (χ2v) is 13.6. The number of methoxy groups -OCH3 is 1. The summed E-state index contributed by atoms with van der Waals surface area (Å²) < 4.78 is 38.6. The highest BCUT2D eigenvalue weighted by molar-refractivity contribution is 7.89. The normalized spacial score (nSPS) is 28.2. The predicted octanol–water partition coefficient (Wildman–Crippen LogP) is 6.29. The smallest absolute Gasteiger partial charge is 0.311 e. The number of carbonyl (C=O) groups excluding carboxylic acids is 1. The van der Waals surface area contributed by atoms with Crippen LogP contribution in [0.4, 0.5) is 0 Å². The van der Waals surface area contributed by atoms with Crippen LogP contribution in [-0.2, 0) is 32.5 Å². The van der Waals surface area contributed by atoms with Crippen LogP contribution in [0.1, 0.15) is 69.3 Å². The molecular weight excluding hydrogens is 486 g/mol. The number of hydrogen-bond acceptors (Lipinski definition) is 5. The van der Waals surface area contributed by atoms with Crippen molar-refractivity contribution in [3.05, 3.63) is 65.6 Å². The average molecular weight is 528 g/mol. The molecule has 7 heteroatoms. The van der Waals surface area contributed by atoms with Gasteiger partial charge in [0.15, 0.2) is 0 Å². The number of ether oxygens (including phenoxy) is 1. The van der Waals surface area contributed by atoms with E-state index in [1.807, 2.05) is 13.0 Å². The molecule has 6 nitrogen and oxygen atoms in total. The monoisotopic (exact) mass is 527 g/mol. The Balaban J connectivity index is 1.50. The minimum Gasteiger partial charge on any atom is -0.469 e. The summed E-state index contributed by atoms with van der Waals surface area (Å²) in [6.07, 6.45) is 8.14. The number of allylic oxidation sites excluding steroid dienone is 1. The number of fused-ring (bicyclic) bond motifs is 1. The van der Waals surface area contributed by atoms with Gasteiger partial charge in [0.2, 0.25) is 10.0 Å². The van der Waals surface area contributed by atoms with E-state index in [2.05, 4.69) is 20.4 Å². The molecule has 0 spiro atoms. The Kier molecular flexibility index (Phi) is 7.78. The molecular formula is C30H41NO5S. The van der Waals surface area contributed by atoms with Gasteiger partial charge in [-0.2, -0.15) is 4.31 Å². The van der Waals surface area contributed by atoms with Gasteiger partial charge in [0.1, 0.15) is 5.76 Å². The Morgan fingerprint density at radius 2 is 1.89 bits per heavy atom. The number of sulfonamides is 1. The van der Waals surface area contributed by atoms with Gasteiger partial charge < -0.3 is 9.15 Å². The van der Waals surface area contributed by atoms with E-state index in [-0.39, 0.29) is 34.7 Å². The molecule has 0 N–H and O–H groups in total. The summed E-state index contributed by atoms with van der Waals surface area (Å²) in [5.74, 6) is 1.12. The van der Waals surface area contributed by atoms with E-state index >= 15 is 0 Å². The first-order chi connectivity index (χ1) is 17.4. The van der Waals surface area contributed by atoms with Crippen molar-refractivity contribution in [2.45, 2.75) is 77.2 Å². The van der Waals surface area contributed by atoms with E-state index < -0.39 is 15.4 Å². The SMILES string of the molecule is C=C1CC[C@H]2[C@](C)(CCC[C@]2(C)C(=O)OC)[C@@H]1CCc1ccoc1CN(C)S(=O)(=O)c1ccc(C)cc1. The molecule has 2 aliphatic carbocycles. The fourth-order valence-corrected chi connectivity index (χ4v) is 8.29. The molecule has 0 bridgehead atoms. The third-order valence-corrected chi connectivity index (χ3v) is 11.1. The summed E-state index contributed by atoms with van der Waals surface area (Å²) in [6, 6.07) is 8.85. The van der Waals surface area contributed by atoms with Crippen LogP contribution in [0.15, 0.2) is 58.1 Å². The van der Waals surface area contributed by atoms with Crippen molar-refractivity contribution < 1.29 is 22.4 Å². The maximum Gasteiger partial charge on any atom is 0.311 e. The number of nitrogens with zero attached hydrogens (tertiary/aromatic N) is 1. The van der Waals surface area contributed by atoms with Crippen LogP contribution < -0.4 is 0 Å². The maximum atomic E-state index is 13.1. The molecule has 4 atom stereocenters. The van der Waals surface area contributed by atoms with Crippen LogP contribution >= 0.6 is 0 Å². The van der Waals surface area contributed by atoms with Gasteiger partial charge in [0.25, 0.3) is 0 Å². The zero-order valence-corrected chi connectivity index (χ0v) is 23.7. The molecule has 2 fully saturated rings. The topological polar surface area (TPSA) is 76.8 Å².